The van der Waals surface area contributed by atoms with Crippen molar-refractivity contribution < 1.29 is 0 Å². The molecule has 0 N–H and O–H groups in total. The average molecular weight is 294 g/mol. The minimum Gasteiger partial charge on any atom is -0.248 e. The van der Waals surface area contributed by atoms with Crippen LogP contribution in [0.2, 0.25) is 5.02 Å². The largest absolute Gasteiger partial charge is 0.248 e. The van der Waals surface area contributed by atoms with Gasteiger partial charge in [0, 0.05) is 10.9 Å². The van der Waals surface area contributed by atoms with E-state index in [0.29, 0.717) is 0 Å². The fourth-order valence-electron chi connectivity index (χ4n) is 2.38. The van der Waals surface area contributed by atoms with Crippen LogP contribution in [0.15, 0.2) is 49.0 Å². The van der Waals surface area contributed by atoms with Gasteiger partial charge in [0.15, 0.2) is 0 Å². The Labute approximate surface area is 129 Å². The Kier molecular flexibility index (Phi) is 3.52. The molecule has 0 amide bonds. The molecular formula is C19H16ClN. The molecule has 0 aliphatic heterocycles. The summed E-state index contributed by atoms with van der Waals surface area (Å²) in [4.78, 5) is 4.75. The second-order valence-corrected chi connectivity index (χ2v) is 5.68. The van der Waals surface area contributed by atoms with Crippen LogP contribution in [0.4, 0.5) is 0 Å². The van der Waals surface area contributed by atoms with Crippen molar-refractivity contribution in [2.24, 2.45) is 0 Å². The quantitative estimate of drug-likeness (QED) is 0.580. The Morgan fingerprint density at radius 2 is 1.81 bits per heavy atom. The second-order valence-electron chi connectivity index (χ2n) is 5.27. The molecular weight excluding hydrogens is 278 g/mol. The summed E-state index contributed by atoms with van der Waals surface area (Å²) in [5.41, 5.74) is 6.46. The highest BCUT2D eigenvalue weighted by Crippen LogP contribution is 2.29. The molecule has 2 heteroatoms. The highest BCUT2D eigenvalue weighted by atomic mass is 35.5. The summed E-state index contributed by atoms with van der Waals surface area (Å²) in [5, 5.41) is 1.69. The van der Waals surface area contributed by atoms with Crippen LogP contribution >= 0.6 is 11.6 Å². The average Bonchev–Trinajstić information content (AvgIpc) is 2.49. The van der Waals surface area contributed by atoms with Crippen LogP contribution in [0, 0.1) is 13.8 Å². The van der Waals surface area contributed by atoms with Crippen LogP contribution in [0.1, 0.15) is 16.7 Å². The van der Waals surface area contributed by atoms with Crippen LogP contribution in [0.3, 0.4) is 0 Å². The Hall–Kier alpha value is -2.12. The standard InChI is InChI=1S/C19H16ClN/c1-4-14-6-8-16-17(20)11-18(21-19(16)10-14)15-7-5-12(2)13(3)9-15/h4-11H,1H2,2-3H3. The zero-order valence-electron chi connectivity index (χ0n) is 12.2. The summed E-state index contributed by atoms with van der Waals surface area (Å²) in [5.74, 6) is 0. The first-order chi connectivity index (χ1) is 10.1. The van der Waals surface area contributed by atoms with Crippen molar-refractivity contribution in [3.63, 3.8) is 0 Å². The van der Waals surface area contributed by atoms with Crippen molar-refractivity contribution in [2.75, 3.05) is 0 Å². The molecule has 0 aliphatic carbocycles. The molecule has 0 atom stereocenters. The second kappa shape index (κ2) is 5.34. The minimum absolute atomic E-state index is 0.726. The zero-order valence-corrected chi connectivity index (χ0v) is 12.9. The molecule has 0 saturated heterocycles. The van der Waals surface area contributed by atoms with E-state index in [1.807, 2.05) is 30.3 Å². The molecule has 0 radical (unpaired) electrons. The number of nitrogens with zero attached hydrogens (tertiary/aromatic N) is 1. The number of halogens is 1. The molecule has 21 heavy (non-hydrogen) atoms. The SMILES string of the molecule is C=Cc1ccc2c(Cl)cc(-c3ccc(C)c(C)c3)nc2c1. The van der Waals surface area contributed by atoms with Gasteiger partial charge in [0.05, 0.1) is 16.2 Å². The molecule has 1 heterocycles. The van der Waals surface area contributed by atoms with E-state index < -0.39 is 0 Å². The minimum atomic E-state index is 0.726. The smallest absolute Gasteiger partial charge is 0.0730 e. The molecule has 2 aromatic carbocycles. The third-order valence-corrected chi connectivity index (χ3v) is 4.13. The summed E-state index contributed by atoms with van der Waals surface area (Å²) in [6.07, 6.45) is 1.82. The first kappa shape index (κ1) is 13.8. The molecule has 3 rings (SSSR count). The van der Waals surface area contributed by atoms with Crippen LogP contribution in [-0.2, 0) is 0 Å². The lowest BCUT2D eigenvalue weighted by Gasteiger charge is -2.08. The topological polar surface area (TPSA) is 12.9 Å². The highest BCUT2D eigenvalue weighted by molar-refractivity contribution is 6.35. The van der Waals surface area contributed by atoms with Crippen molar-refractivity contribution in [2.45, 2.75) is 13.8 Å². The van der Waals surface area contributed by atoms with Gasteiger partial charge in [-0.25, -0.2) is 4.98 Å². The third kappa shape index (κ3) is 2.57. The fraction of sp³-hybridized carbons (Fsp3) is 0.105. The third-order valence-electron chi connectivity index (χ3n) is 3.82. The molecule has 3 aromatic rings. The van der Waals surface area contributed by atoms with Crippen molar-refractivity contribution in [3.05, 3.63) is 70.8 Å². The van der Waals surface area contributed by atoms with Crippen LogP contribution < -0.4 is 0 Å². The molecule has 1 nitrogen and oxygen atoms in total. The van der Waals surface area contributed by atoms with Crippen molar-refractivity contribution >= 4 is 28.6 Å². The number of pyridine rings is 1. The van der Waals surface area contributed by atoms with Crippen LogP contribution in [0.25, 0.3) is 28.2 Å². The maximum atomic E-state index is 6.41. The van der Waals surface area contributed by atoms with Gasteiger partial charge < -0.3 is 0 Å². The molecule has 1 aromatic heterocycles. The van der Waals surface area contributed by atoms with E-state index >= 15 is 0 Å². The molecule has 0 fully saturated rings. The van der Waals surface area contributed by atoms with Gasteiger partial charge in [0.25, 0.3) is 0 Å². The molecule has 0 saturated carbocycles. The lowest BCUT2D eigenvalue weighted by atomic mass is 10.0. The van der Waals surface area contributed by atoms with Gasteiger partial charge in [-0.15, -0.1) is 0 Å². The molecule has 0 aliphatic rings. The van der Waals surface area contributed by atoms with E-state index in [2.05, 4.69) is 38.6 Å². The number of hydrogen-bond donors (Lipinski definition) is 0. The van der Waals surface area contributed by atoms with Crippen molar-refractivity contribution in [1.29, 1.82) is 0 Å². The summed E-state index contributed by atoms with van der Waals surface area (Å²) in [6.45, 7) is 8.02. The predicted octanol–water partition coefficient (Wildman–Crippen LogP) is 5.82. The summed E-state index contributed by atoms with van der Waals surface area (Å²) in [7, 11) is 0. The summed E-state index contributed by atoms with van der Waals surface area (Å²) >= 11 is 6.41. The number of benzene rings is 2. The van der Waals surface area contributed by atoms with Gasteiger partial charge in [0.2, 0.25) is 0 Å². The highest BCUT2D eigenvalue weighted by Gasteiger charge is 2.07. The molecule has 0 spiro atoms. The van der Waals surface area contributed by atoms with E-state index in [4.69, 9.17) is 16.6 Å². The van der Waals surface area contributed by atoms with Crippen LogP contribution in [0.5, 0.6) is 0 Å². The monoisotopic (exact) mass is 293 g/mol. The Morgan fingerprint density at radius 1 is 1.00 bits per heavy atom. The first-order valence-corrected chi connectivity index (χ1v) is 7.26. The lowest BCUT2D eigenvalue weighted by molar-refractivity contribution is 1.32. The number of fused-ring (bicyclic) bond motifs is 1. The summed E-state index contributed by atoms with van der Waals surface area (Å²) in [6, 6.07) is 14.3. The van der Waals surface area contributed by atoms with Crippen LogP contribution in [-0.4, -0.2) is 4.98 Å². The fourth-order valence-corrected chi connectivity index (χ4v) is 2.64. The van der Waals surface area contributed by atoms with Gasteiger partial charge in [-0.1, -0.05) is 48.5 Å². The number of rotatable bonds is 2. The van der Waals surface area contributed by atoms with E-state index in [9.17, 15) is 0 Å². The van der Waals surface area contributed by atoms with E-state index in [1.165, 1.54) is 11.1 Å². The number of hydrogen-bond acceptors (Lipinski definition) is 1. The predicted molar refractivity (Wildman–Crippen MR) is 91.8 cm³/mol. The lowest BCUT2D eigenvalue weighted by Crippen LogP contribution is -1.89. The zero-order chi connectivity index (χ0) is 15.0. The van der Waals surface area contributed by atoms with Gasteiger partial charge >= 0.3 is 0 Å². The number of aryl methyl sites for hydroxylation is 2. The Morgan fingerprint density at radius 3 is 2.52 bits per heavy atom. The van der Waals surface area contributed by atoms with Gasteiger partial charge in [-0.05, 0) is 48.7 Å². The molecule has 0 unspecified atom stereocenters. The Balaban J connectivity index is 2.22. The normalized spacial score (nSPS) is 10.8. The first-order valence-electron chi connectivity index (χ1n) is 6.89. The Bertz CT molecular complexity index is 850. The van der Waals surface area contributed by atoms with Crippen molar-refractivity contribution in [1.82, 2.24) is 4.98 Å². The maximum Gasteiger partial charge on any atom is 0.0730 e. The number of aromatic nitrogens is 1. The van der Waals surface area contributed by atoms with E-state index in [1.54, 1.807) is 0 Å². The van der Waals surface area contributed by atoms with Gasteiger partial charge in [0.1, 0.15) is 0 Å². The van der Waals surface area contributed by atoms with Crippen molar-refractivity contribution in [3.8, 4) is 11.3 Å². The maximum absolute atomic E-state index is 6.41. The van der Waals surface area contributed by atoms with E-state index in [-0.39, 0.29) is 0 Å². The van der Waals surface area contributed by atoms with Gasteiger partial charge in [-0.2, -0.15) is 0 Å². The summed E-state index contributed by atoms with van der Waals surface area (Å²) < 4.78 is 0. The molecule has 104 valence electrons. The van der Waals surface area contributed by atoms with Gasteiger partial charge in [-0.3, -0.25) is 0 Å². The van der Waals surface area contributed by atoms with E-state index in [0.717, 1.165) is 32.7 Å². The molecule has 0 bridgehead atoms.